The lowest BCUT2D eigenvalue weighted by Gasteiger charge is -2.31. The van der Waals surface area contributed by atoms with Crippen molar-refractivity contribution in [1.29, 1.82) is 0 Å². The molecule has 7 nitrogen and oxygen atoms in total. The van der Waals surface area contributed by atoms with E-state index in [4.69, 9.17) is 15.7 Å². The number of piperidine rings is 1. The Morgan fingerprint density at radius 3 is 2.28 bits per heavy atom. The summed E-state index contributed by atoms with van der Waals surface area (Å²) in [5.41, 5.74) is 9.92. The first kappa shape index (κ1) is 23.0. The fourth-order valence-corrected chi connectivity index (χ4v) is 5.33. The highest BCUT2D eigenvalue weighted by molar-refractivity contribution is 5.74. The third-order valence-corrected chi connectivity index (χ3v) is 7.47. The van der Waals surface area contributed by atoms with Gasteiger partial charge in [0.05, 0.1) is 6.54 Å². The maximum atomic E-state index is 14.1. The number of anilines is 1. The molecule has 2 aromatic carbocycles. The van der Waals surface area contributed by atoms with Crippen molar-refractivity contribution in [2.24, 2.45) is 11.7 Å². The third-order valence-electron chi connectivity index (χ3n) is 7.47. The summed E-state index contributed by atoms with van der Waals surface area (Å²) < 4.78 is 4.03. The van der Waals surface area contributed by atoms with Gasteiger partial charge < -0.3 is 10.6 Å². The Balaban J connectivity index is 1.46. The van der Waals surface area contributed by atoms with E-state index in [-0.39, 0.29) is 11.6 Å². The van der Waals surface area contributed by atoms with Gasteiger partial charge in [-0.3, -0.25) is 13.9 Å². The minimum Gasteiger partial charge on any atom is -0.341 e. The quantitative estimate of drug-likeness (QED) is 0.414. The molecule has 2 aliphatic rings. The second-order valence-electron chi connectivity index (χ2n) is 10.4. The van der Waals surface area contributed by atoms with Gasteiger partial charge in [0.2, 0.25) is 5.95 Å². The lowest BCUT2D eigenvalue weighted by atomic mass is 10.1. The molecule has 2 fully saturated rings. The van der Waals surface area contributed by atoms with Crippen molar-refractivity contribution in [3.05, 3.63) is 88.0 Å². The van der Waals surface area contributed by atoms with Gasteiger partial charge >= 0.3 is 0 Å². The smallest absolute Gasteiger partial charge is 0.279 e. The number of nitrogens with two attached hydrogens (primary N) is 1. The van der Waals surface area contributed by atoms with Crippen molar-refractivity contribution in [2.75, 3.05) is 18.0 Å². The number of imidazole rings is 1. The summed E-state index contributed by atoms with van der Waals surface area (Å²) in [6, 6.07) is 20.8. The van der Waals surface area contributed by atoms with Crippen molar-refractivity contribution >= 4 is 17.1 Å². The van der Waals surface area contributed by atoms with Crippen LogP contribution in [-0.4, -0.2) is 38.2 Å². The number of fused-ring (bicyclic) bond motifs is 1. The van der Waals surface area contributed by atoms with Crippen LogP contribution in [0.15, 0.2) is 65.5 Å². The number of aromatic nitrogens is 4. The molecule has 1 saturated heterocycles. The van der Waals surface area contributed by atoms with E-state index in [0.717, 1.165) is 62.7 Å². The highest BCUT2D eigenvalue weighted by atomic mass is 16.1. The van der Waals surface area contributed by atoms with Gasteiger partial charge in [0.15, 0.2) is 11.2 Å². The highest BCUT2D eigenvalue weighted by Gasteiger charge is 2.28. The molecular formula is C29H34N6O. The predicted molar refractivity (Wildman–Crippen MR) is 143 cm³/mol. The van der Waals surface area contributed by atoms with E-state index >= 15 is 0 Å². The summed E-state index contributed by atoms with van der Waals surface area (Å²) in [4.78, 5) is 26.4. The first-order chi connectivity index (χ1) is 17.7. The van der Waals surface area contributed by atoms with Crippen LogP contribution in [0, 0.1) is 5.92 Å². The zero-order chi connectivity index (χ0) is 24.5. The van der Waals surface area contributed by atoms with Crippen molar-refractivity contribution in [2.45, 2.75) is 57.7 Å². The van der Waals surface area contributed by atoms with E-state index < -0.39 is 0 Å². The number of nitrogens with zero attached hydrogens (tertiary/aromatic N) is 5. The molecule has 1 aliphatic carbocycles. The van der Waals surface area contributed by atoms with Crippen LogP contribution in [0.2, 0.25) is 0 Å². The van der Waals surface area contributed by atoms with Crippen molar-refractivity contribution < 1.29 is 0 Å². The average molecular weight is 483 g/mol. The van der Waals surface area contributed by atoms with E-state index in [9.17, 15) is 4.79 Å². The fraction of sp³-hybridized carbons (Fsp3) is 0.414. The summed E-state index contributed by atoms with van der Waals surface area (Å²) >= 11 is 0. The zero-order valence-electron chi connectivity index (χ0n) is 20.7. The van der Waals surface area contributed by atoms with Crippen LogP contribution in [0.5, 0.6) is 0 Å². The van der Waals surface area contributed by atoms with E-state index in [1.807, 2.05) is 28.8 Å². The number of hydrogen-bond donors (Lipinski definition) is 1. The van der Waals surface area contributed by atoms with Gasteiger partial charge in [0.1, 0.15) is 5.82 Å². The first-order valence-electron chi connectivity index (χ1n) is 13.2. The van der Waals surface area contributed by atoms with Crippen LogP contribution >= 0.6 is 0 Å². The Hall–Kier alpha value is -3.45. The third kappa shape index (κ3) is 4.80. The maximum Gasteiger partial charge on any atom is 0.279 e. The first-order valence-corrected chi connectivity index (χ1v) is 13.2. The molecule has 4 aromatic rings. The van der Waals surface area contributed by atoms with E-state index in [1.165, 1.54) is 18.4 Å². The fourth-order valence-electron chi connectivity index (χ4n) is 5.33. The molecule has 1 atom stereocenters. The average Bonchev–Trinajstić information content (AvgIpc) is 3.65. The van der Waals surface area contributed by atoms with Gasteiger partial charge in [0, 0.05) is 32.1 Å². The summed E-state index contributed by atoms with van der Waals surface area (Å²) in [7, 11) is 0. The van der Waals surface area contributed by atoms with Crippen LogP contribution in [0.3, 0.4) is 0 Å². The molecule has 1 aliphatic heterocycles. The van der Waals surface area contributed by atoms with Crippen LogP contribution < -0.4 is 16.2 Å². The minimum absolute atomic E-state index is 0.0333. The number of aryl methyl sites for hydroxylation is 2. The molecular weight excluding hydrogens is 448 g/mol. The van der Waals surface area contributed by atoms with Gasteiger partial charge in [-0.1, -0.05) is 60.7 Å². The van der Waals surface area contributed by atoms with Crippen molar-refractivity contribution in [3.63, 3.8) is 0 Å². The van der Waals surface area contributed by atoms with E-state index in [2.05, 4.69) is 45.9 Å². The van der Waals surface area contributed by atoms with Crippen LogP contribution in [0.4, 0.5) is 5.95 Å². The molecule has 0 amide bonds. The standard InChI is InChI=1S/C29H34N6O/c30-24-12-7-17-33(20-24)29-32-27-26(35(29)19-22-10-5-2-6-11-22)28(36)34(18-23-13-14-23)25(31-27)16-15-21-8-3-1-4-9-21/h1-6,8-11,23-24H,7,12-20,30H2. The molecule has 0 spiro atoms. The molecule has 0 bridgehead atoms. The van der Waals surface area contributed by atoms with E-state index in [1.54, 1.807) is 0 Å². The van der Waals surface area contributed by atoms with Crippen LogP contribution in [0.1, 0.15) is 42.6 Å². The molecule has 1 saturated carbocycles. The monoisotopic (exact) mass is 482 g/mol. The lowest BCUT2D eigenvalue weighted by molar-refractivity contribution is 0.495. The summed E-state index contributed by atoms with van der Waals surface area (Å²) in [6.45, 7) is 2.96. The number of rotatable bonds is 8. The summed E-state index contributed by atoms with van der Waals surface area (Å²) in [6.07, 6.45) is 5.98. The normalized spacial score (nSPS) is 18.1. The SMILES string of the molecule is NC1CCCN(c2nc3nc(CCc4ccccc4)n(CC4CC4)c(=O)c3n2Cc2ccccc2)C1. The summed E-state index contributed by atoms with van der Waals surface area (Å²) in [5.74, 6) is 2.23. The van der Waals surface area contributed by atoms with Crippen LogP contribution in [-0.2, 0) is 25.9 Å². The van der Waals surface area contributed by atoms with Gasteiger partial charge in [0.25, 0.3) is 5.56 Å². The van der Waals surface area contributed by atoms with Gasteiger partial charge in [-0.25, -0.2) is 4.98 Å². The molecule has 2 aromatic heterocycles. The Morgan fingerprint density at radius 2 is 1.58 bits per heavy atom. The highest BCUT2D eigenvalue weighted by Crippen LogP contribution is 2.31. The van der Waals surface area contributed by atoms with Crippen molar-refractivity contribution in [1.82, 2.24) is 19.1 Å². The Labute approximate surface area is 211 Å². The maximum absolute atomic E-state index is 14.1. The molecule has 7 heteroatoms. The van der Waals surface area contributed by atoms with Crippen molar-refractivity contribution in [3.8, 4) is 0 Å². The summed E-state index contributed by atoms with van der Waals surface area (Å²) in [5, 5.41) is 0. The molecule has 186 valence electrons. The largest absolute Gasteiger partial charge is 0.341 e. The second-order valence-corrected chi connectivity index (χ2v) is 10.4. The van der Waals surface area contributed by atoms with Crippen LogP contribution in [0.25, 0.3) is 11.2 Å². The minimum atomic E-state index is 0.0333. The van der Waals surface area contributed by atoms with Gasteiger partial charge in [-0.05, 0) is 49.1 Å². The second kappa shape index (κ2) is 9.90. The Morgan fingerprint density at radius 1 is 0.861 bits per heavy atom. The molecule has 6 rings (SSSR count). The zero-order valence-corrected chi connectivity index (χ0v) is 20.7. The number of benzene rings is 2. The van der Waals surface area contributed by atoms with E-state index in [0.29, 0.717) is 23.6 Å². The molecule has 1 unspecified atom stereocenters. The molecule has 36 heavy (non-hydrogen) atoms. The van der Waals surface area contributed by atoms with Gasteiger partial charge in [-0.2, -0.15) is 4.98 Å². The van der Waals surface area contributed by atoms with Gasteiger partial charge in [-0.15, -0.1) is 0 Å². The number of hydrogen-bond acceptors (Lipinski definition) is 5. The Kier molecular flexibility index (Phi) is 6.32. The predicted octanol–water partition coefficient (Wildman–Crippen LogP) is 3.76. The topological polar surface area (TPSA) is 82.0 Å². The Bertz CT molecular complexity index is 1390. The molecule has 2 N–H and O–H groups in total. The molecule has 0 radical (unpaired) electrons. The lowest BCUT2D eigenvalue weighted by Crippen LogP contribution is -2.44. The molecule has 3 heterocycles.